The molecule has 0 saturated carbocycles. The minimum atomic E-state index is -0.220. The van der Waals surface area contributed by atoms with E-state index in [0.717, 1.165) is 33.2 Å². The number of fused-ring (bicyclic) bond motifs is 1. The average molecular weight is 319 g/mol. The molecule has 1 heterocycles. The SMILES string of the molecule is CCn1nc2cc(-c3ccc(F)cc3)ccc2c1Br. The minimum absolute atomic E-state index is 0.220. The van der Waals surface area contributed by atoms with Crippen LogP contribution < -0.4 is 0 Å². The van der Waals surface area contributed by atoms with E-state index >= 15 is 0 Å². The summed E-state index contributed by atoms with van der Waals surface area (Å²) in [4.78, 5) is 0. The Morgan fingerprint density at radius 3 is 2.47 bits per heavy atom. The molecule has 0 amide bonds. The Labute approximate surface area is 119 Å². The van der Waals surface area contributed by atoms with Gasteiger partial charge in [-0.2, -0.15) is 5.10 Å². The van der Waals surface area contributed by atoms with E-state index in [-0.39, 0.29) is 5.82 Å². The molecule has 96 valence electrons. The highest BCUT2D eigenvalue weighted by molar-refractivity contribution is 9.10. The third-order valence-electron chi connectivity index (χ3n) is 3.15. The van der Waals surface area contributed by atoms with Crippen molar-refractivity contribution in [1.29, 1.82) is 0 Å². The topological polar surface area (TPSA) is 17.8 Å². The first-order chi connectivity index (χ1) is 9.19. The summed E-state index contributed by atoms with van der Waals surface area (Å²) in [7, 11) is 0. The van der Waals surface area contributed by atoms with E-state index in [0.29, 0.717) is 0 Å². The second-order valence-electron chi connectivity index (χ2n) is 4.35. The van der Waals surface area contributed by atoms with Crippen LogP contribution in [0.2, 0.25) is 0 Å². The van der Waals surface area contributed by atoms with E-state index < -0.39 is 0 Å². The number of halogens is 2. The van der Waals surface area contributed by atoms with Crippen molar-refractivity contribution in [2.45, 2.75) is 13.5 Å². The van der Waals surface area contributed by atoms with Crippen LogP contribution in [0.25, 0.3) is 22.0 Å². The van der Waals surface area contributed by atoms with Crippen molar-refractivity contribution in [3.05, 3.63) is 52.9 Å². The molecule has 2 nitrogen and oxygen atoms in total. The first-order valence-corrected chi connectivity index (χ1v) is 6.90. The van der Waals surface area contributed by atoms with Gasteiger partial charge < -0.3 is 0 Å². The number of nitrogens with zero attached hydrogens (tertiary/aromatic N) is 2. The predicted molar refractivity (Wildman–Crippen MR) is 78.5 cm³/mol. The van der Waals surface area contributed by atoms with E-state index in [9.17, 15) is 4.39 Å². The van der Waals surface area contributed by atoms with Crippen LogP contribution in [0.1, 0.15) is 6.92 Å². The number of aromatic nitrogens is 2. The lowest BCUT2D eigenvalue weighted by Crippen LogP contribution is -1.95. The molecular formula is C15H12BrFN2. The summed E-state index contributed by atoms with van der Waals surface area (Å²) in [5, 5.41) is 5.62. The second-order valence-corrected chi connectivity index (χ2v) is 5.10. The summed E-state index contributed by atoms with van der Waals surface area (Å²) in [5.74, 6) is -0.220. The Morgan fingerprint density at radius 2 is 1.79 bits per heavy atom. The number of hydrogen-bond donors (Lipinski definition) is 0. The van der Waals surface area contributed by atoms with Gasteiger partial charge in [-0.25, -0.2) is 4.39 Å². The first-order valence-electron chi connectivity index (χ1n) is 6.11. The van der Waals surface area contributed by atoms with E-state index in [1.165, 1.54) is 12.1 Å². The summed E-state index contributed by atoms with van der Waals surface area (Å²) in [5.41, 5.74) is 2.97. The molecule has 0 bridgehead atoms. The summed E-state index contributed by atoms with van der Waals surface area (Å²) in [6, 6.07) is 12.6. The van der Waals surface area contributed by atoms with Crippen LogP contribution in [-0.2, 0) is 6.54 Å². The van der Waals surface area contributed by atoms with Crippen molar-refractivity contribution in [2.24, 2.45) is 0 Å². The largest absolute Gasteiger partial charge is 0.258 e. The molecule has 0 aliphatic rings. The number of aryl methyl sites for hydroxylation is 1. The molecule has 0 aliphatic heterocycles. The lowest BCUT2D eigenvalue weighted by molar-refractivity contribution is 0.628. The Morgan fingerprint density at radius 1 is 1.11 bits per heavy atom. The van der Waals surface area contributed by atoms with Crippen molar-refractivity contribution in [3.63, 3.8) is 0 Å². The predicted octanol–water partition coefficient (Wildman–Crippen LogP) is 4.62. The molecule has 0 saturated heterocycles. The van der Waals surface area contributed by atoms with Crippen molar-refractivity contribution in [2.75, 3.05) is 0 Å². The highest BCUT2D eigenvalue weighted by Gasteiger charge is 2.08. The zero-order valence-electron chi connectivity index (χ0n) is 10.4. The quantitative estimate of drug-likeness (QED) is 0.674. The Bertz CT molecular complexity index is 732. The molecular weight excluding hydrogens is 307 g/mol. The zero-order valence-corrected chi connectivity index (χ0v) is 12.0. The molecule has 0 N–H and O–H groups in total. The van der Waals surface area contributed by atoms with Crippen LogP contribution >= 0.6 is 15.9 Å². The van der Waals surface area contributed by atoms with Crippen molar-refractivity contribution in [3.8, 4) is 11.1 Å². The van der Waals surface area contributed by atoms with Gasteiger partial charge in [-0.05, 0) is 58.2 Å². The fraction of sp³-hybridized carbons (Fsp3) is 0.133. The van der Waals surface area contributed by atoms with E-state index in [2.05, 4.69) is 28.0 Å². The Kier molecular flexibility index (Phi) is 3.11. The minimum Gasteiger partial charge on any atom is -0.258 e. The standard InChI is InChI=1S/C15H12BrFN2/c1-2-19-15(16)13-8-5-11(9-14(13)18-19)10-3-6-12(17)7-4-10/h3-9H,2H2,1H3. The number of rotatable bonds is 2. The Balaban J connectivity index is 2.13. The molecule has 19 heavy (non-hydrogen) atoms. The molecule has 0 atom stereocenters. The number of benzene rings is 2. The van der Waals surface area contributed by atoms with Crippen molar-refractivity contribution < 1.29 is 4.39 Å². The zero-order chi connectivity index (χ0) is 13.4. The van der Waals surface area contributed by atoms with Crippen molar-refractivity contribution in [1.82, 2.24) is 9.78 Å². The lowest BCUT2D eigenvalue weighted by atomic mass is 10.0. The molecule has 3 rings (SSSR count). The van der Waals surface area contributed by atoms with Crippen LogP contribution in [0.3, 0.4) is 0 Å². The van der Waals surface area contributed by atoms with Gasteiger partial charge in [-0.15, -0.1) is 0 Å². The van der Waals surface area contributed by atoms with Gasteiger partial charge in [0.2, 0.25) is 0 Å². The molecule has 4 heteroatoms. The average Bonchev–Trinajstić information content (AvgIpc) is 2.76. The summed E-state index contributed by atoms with van der Waals surface area (Å²) in [6.07, 6.45) is 0. The summed E-state index contributed by atoms with van der Waals surface area (Å²) < 4.78 is 15.8. The van der Waals surface area contributed by atoms with Gasteiger partial charge >= 0.3 is 0 Å². The fourth-order valence-electron chi connectivity index (χ4n) is 2.13. The van der Waals surface area contributed by atoms with Gasteiger partial charge in [0.25, 0.3) is 0 Å². The van der Waals surface area contributed by atoms with Crippen LogP contribution in [-0.4, -0.2) is 9.78 Å². The van der Waals surface area contributed by atoms with Crippen LogP contribution in [0.5, 0.6) is 0 Å². The second kappa shape index (κ2) is 4.78. The van der Waals surface area contributed by atoms with Crippen LogP contribution in [0.15, 0.2) is 47.1 Å². The normalized spacial score (nSPS) is 11.1. The van der Waals surface area contributed by atoms with E-state index in [1.807, 2.05) is 22.9 Å². The highest BCUT2D eigenvalue weighted by Crippen LogP contribution is 2.28. The summed E-state index contributed by atoms with van der Waals surface area (Å²) in [6.45, 7) is 2.87. The molecule has 2 aromatic carbocycles. The summed E-state index contributed by atoms with van der Waals surface area (Å²) >= 11 is 3.55. The molecule has 0 radical (unpaired) electrons. The highest BCUT2D eigenvalue weighted by atomic mass is 79.9. The first kappa shape index (κ1) is 12.4. The van der Waals surface area contributed by atoms with Gasteiger partial charge in [0.05, 0.1) is 5.52 Å². The van der Waals surface area contributed by atoms with Crippen molar-refractivity contribution >= 4 is 26.8 Å². The smallest absolute Gasteiger partial charge is 0.123 e. The lowest BCUT2D eigenvalue weighted by Gasteiger charge is -2.01. The molecule has 0 fully saturated rings. The third-order valence-corrected chi connectivity index (χ3v) is 3.99. The maximum absolute atomic E-state index is 12.9. The Hall–Kier alpha value is -1.68. The maximum Gasteiger partial charge on any atom is 0.123 e. The van der Waals surface area contributed by atoms with Crippen LogP contribution in [0.4, 0.5) is 4.39 Å². The van der Waals surface area contributed by atoms with Gasteiger partial charge in [0.1, 0.15) is 10.4 Å². The molecule has 1 aromatic heterocycles. The molecule has 0 aliphatic carbocycles. The van der Waals surface area contributed by atoms with Crippen LogP contribution in [0, 0.1) is 5.82 Å². The van der Waals surface area contributed by atoms with Gasteiger partial charge in [-0.3, -0.25) is 4.68 Å². The van der Waals surface area contributed by atoms with E-state index in [1.54, 1.807) is 12.1 Å². The van der Waals surface area contributed by atoms with E-state index in [4.69, 9.17) is 0 Å². The molecule has 3 aromatic rings. The maximum atomic E-state index is 12.9. The molecule has 0 unspecified atom stereocenters. The number of hydrogen-bond acceptors (Lipinski definition) is 1. The van der Waals surface area contributed by atoms with Gasteiger partial charge in [0.15, 0.2) is 0 Å². The van der Waals surface area contributed by atoms with Gasteiger partial charge in [-0.1, -0.05) is 18.2 Å². The monoisotopic (exact) mass is 318 g/mol. The molecule has 0 spiro atoms. The fourth-order valence-corrected chi connectivity index (χ4v) is 2.80. The van der Waals surface area contributed by atoms with Gasteiger partial charge in [0, 0.05) is 11.9 Å². The third kappa shape index (κ3) is 2.16.